The molecule has 0 bridgehead atoms. The molecule has 2 heterocycles. The Morgan fingerprint density at radius 3 is 2.94 bits per heavy atom. The molecule has 0 aliphatic carbocycles. The van der Waals surface area contributed by atoms with E-state index < -0.39 is 16.1 Å². The fraction of sp³-hybridized carbons (Fsp3) is 0.556. The van der Waals surface area contributed by atoms with Gasteiger partial charge in [0.1, 0.15) is 6.04 Å². The minimum atomic E-state index is -3.73. The summed E-state index contributed by atoms with van der Waals surface area (Å²) in [5.41, 5.74) is 0. The number of halogens is 1. The lowest BCUT2D eigenvalue weighted by Crippen LogP contribution is -2.45. The average molecular weight is 310 g/mol. The van der Waals surface area contributed by atoms with Crippen LogP contribution in [0, 0.1) is 0 Å². The number of rotatable bonds is 3. The number of hydrogen-bond acceptors (Lipinski definition) is 5. The van der Waals surface area contributed by atoms with Crippen molar-refractivity contribution in [2.75, 3.05) is 6.54 Å². The van der Waals surface area contributed by atoms with Gasteiger partial charge in [0.15, 0.2) is 8.68 Å². The fourth-order valence-corrected chi connectivity index (χ4v) is 4.20. The molecule has 1 aliphatic rings. The molecule has 1 amide bonds. The summed E-state index contributed by atoms with van der Waals surface area (Å²) < 4.78 is 26.5. The van der Waals surface area contributed by atoms with Crippen LogP contribution in [0.15, 0.2) is 10.4 Å². The second kappa shape index (κ2) is 5.52. The van der Waals surface area contributed by atoms with E-state index in [1.165, 1.54) is 6.20 Å². The van der Waals surface area contributed by atoms with E-state index in [1.807, 2.05) is 0 Å². The van der Waals surface area contributed by atoms with E-state index in [0.29, 0.717) is 13.0 Å². The van der Waals surface area contributed by atoms with E-state index in [-0.39, 0.29) is 14.6 Å². The lowest BCUT2D eigenvalue weighted by atomic mass is 10.1. The SMILES string of the molecule is O=C1NCCCCC1NS(=O)(=O)c1cnc(Cl)s1. The van der Waals surface area contributed by atoms with Gasteiger partial charge < -0.3 is 5.32 Å². The highest BCUT2D eigenvalue weighted by atomic mass is 35.5. The van der Waals surface area contributed by atoms with Crippen molar-refractivity contribution in [2.45, 2.75) is 29.5 Å². The van der Waals surface area contributed by atoms with Crippen LogP contribution in [0.2, 0.25) is 4.47 Å². The highest BCUT2D eigenvalue weighted by Gasteiger charge is 2.27. The molecule has 1 saturated heterocycles. The van der Waals surface area contributed by atoms with Crippen molar-refractivity contribution in [3.05, 3.63) is 10.7 Å². The molecule has 9 heteroatoms. The summed E-state index contributed by atoms with van der Waals surface area (Å²) in [6, 6.07) is -0.724. The van der Waals surface area contributed by atoms with E-state index >= 15 is 0 Å². The molecule has 1 aromatic heterocycles. The van der Waals surface area contributed by atoms with Crippen molar-refractivity contribution in [1.29, 1.82) is 0 Å². The smallest absolute Gasteiger partial charge is 0.252 e. The Kier molecular flexibility index (Phi) is 4.21. The van der Waals surface area contributed by atoms with Gasteiger partial charge in [-0.1, -0.05) is 22.9 Å². The van der Waals surface area contributed by atoms with Crippen LogP contribution in [0.1, 0.15) is 19.3 Å². The molecule has 1 atom stereocenters. The predicted octanol–water partition coefficient (Wildman–Crippen LogP) is 0.744. The number of nitrogens with one attached hydrogen (secondary N) is 2. The summed E-state index contributed by atoms with van der Waals surface area (Å²) in [4.78, 5) is 15.3. The van der Waals surface area contributed by atoms with Crippen LogP contribution in [-0.2, 0) is 14.8 Å². The molecule has 0 aromatic carbocycles. The molecule has 1 aliphatic heterocycles. The first-order valence-electron chi connectivity index (χ1n) is 5.40. The van der Waals surface area contributed by atoms with Gasteiger partial charge in [0.05, 0.1) is 6.20 Å². The molecule has 0 radical (unpaired) electrons. The maximum absolute atomic E-state index is 12.0. The second-order valence-electron chi connectivity index (χ2n) is 3.89. The van der Waals surface area contributed by atoms with Gasteiger partial charge in [-0.15, -0.1) is 0 Å². The zero-order valence-electron chi connectivity index (χ0n) is 9.35. The zero-order valence-corrected chi connectivity index (χ0v) is 11.7. The summed E-state index contributed by atoms with van der Waals surface area (Å²) in [6.45, 7) is 0.587. The van der Waals surface area contributed by atoms with Crippen molar-refractivity contribution in [3.8, 4) is 0 Å². The molecule has 18 heavy (non-hydrogen) atoms. The topological polar surface area (TPSA) is 88.2 Å². The number of hydrogen-bond donors (Lipinski definition) is 2. The summed E-state index contributed by atoms with van der Waals surface area (Å²) in [5.74, 6) is -0.285. The van der Waals surface area contributed by atoms with E-state index in [4.69, 9.17) is 11.6 Å². The van der Waals surface area contributed by atoms with Crippen LogP contribution in [0.4, 0.5) is 0 Å². The van der Waals surface area contributed by atoms with Gasteiger partial charge in [-0.2, -0.15) is 4.72 Å². The van der Waals surface area contributed by atoms with Crippen LogP contribution in [-0.4, -0.2) is 31.9 Å². The molecule has 1 aromatic rings. The first kappa shape index (κ1) is 13.7. The monoisotopic (exact) mass is 309 g/mol. The van der Waals surface area contributed by atoms with Gasteiger partial charge >= 0.3 is 0 Å². The predicted molar refractivity (Wildman–Crippen MR) is 68.1 cm³/mol. The number of nitrogens with zero attached hydrogens (tertiary/aromatic N) is 1. The molecule has 0 saturated carbocycles. The minimum absolute atomic E-state index is 0.0181. The quantitative estimate of drug-likeness (QED) is 0.862. The zero-order chi connectivity index (χ0) is 13.2. The Balaban J connectivity index is 2.14. The maximum Gasteiger partial charge on any atom is 0.252 e. The Labute approximate surface area is 114 Å². The van der Waals surface area contributed by atoms with Crippen LogP contribution < -0.4 is 10.0 Å². The fourth-order valence-electron chi connectivity index (χ4n) is 1.66. The van der Waals surface area contributed by atoms with Crippen molar-refractivity contribution in [1.82, 2.24) is 15.0 Å². The van der Waals surface area contributed by atoms with Crippen LogP contribution in [0.5, 0.6) is 0 Å². The van der Waals surface area contributed by atoms with Gasteiger partial charge in [-0.3, -0.25) is 4.79 Å². The van der Waals surface area contributed by atoms with Crippen LogP contribution >= 0.6 is 22.9 Å². The normalized spacial score (nSPS) is 21.4. The Hall–Kier alpha value is -0.700. The van der Waals surface area contributed by atoms with Crippen molar-refractivity contribution in [2.24, 2.45) is 0 Å². The number of sulfonamides is 1. The number of amides is 1. The standard InChI is InChI=1S/C9H12ClN3O3S2/c10-9-12-5-7(17-9)18(15,16)13-6-3-1-2-4-11-8(6)14/h5-6,13H,1-4H2,(H,11,14). The lowest BCUT2D eigenvalue weighted by molar-refractivity contribution is -0.122. The number of carbonyl (C=O) groups excluding carboxylic acids is 1. The first-order chi connectivity index (χ1) is 8.49. The molecule has 2 rings (SSSR count). The molecule has 6 nitrogen and oxygen atoms in total. The van der Waals surface area contributed by atoms with Gasteiger partial charge in [0.2, 0.25) is 5.91 Å². The number of thiazole rings is 1. The summed E-state index contributed by atoms with van der Waals surface area (Å²) in [5, 5.41) is 2.67. The molecular formula is C9H12ClN3O3S2. The minimum Gasteiger partial charge on any atom is -0.355 e. The highest BCUT2D eigenvalue weighted by Crippen LogP contribution is 2.22. The lowest BCUT2D eigenvalue weighted by Gasteiger charge is -2.14. The highest BCUT2D eigenvalue weighted by molar-refractivity contribution is 7.91. The average Bonchev–Trinajstić information content (AvgIpc) is 2.65. The third-order valence-corrected chi connectivity index (χ3v) is 5.60. The Morgan fingerprint density at radius 1 is 1.50 bits per heavy atom. The maximum atomic E-state index is 12.0. The van der Waals surface area contributed by atoms with Gasteiger partial charge in [0.25, 0.3) is 10.0 Å². The second-order valence-corrected chi connectivity index (χ2v) is 7.45. The van der Waals surface area contributed by atoms with E-state index in [1.54, 1.807) is 0 Å². The number of aromatic nitrogens is 1. The summed E-state index contributed by atoms with van der Waals surface area (Å²) in [6.07, 6.45) is 3.34. The van der Waals surface area contributed by atoms with Gasteiger partial charge in [-0.25, -0.2) is 13.4 Å². The van der Waals surface area contributed by atoms with Crippen molar-refractivity contribution < 1.29 is 13.2 Å². The Morgan fingerprint density at radius 2 is 2.28 bits per heavy atom. The van der Waals surface area contributed by atoms with Gasteiger partial charge in [-0.05, 0) is 19.3 Å². The first-order valence-corrected chi connectivity index (χ1v) is 8.08. The van der Waals surface area contributed by atoms with E-state index in [2.05, 4.69) is 15.0 Å². The third-order valence-electron chi connectivity index (χ3n) is 2.55. The summed E-state index contributed by atoms with van der Waals surface area (Å²) >= 11 is 6.46. The molecule has 1 unspecified atom stereocenters. The van der Waals surface area contributed by atoms with Crippen molar-refractivity contribution in [3.63, 3.8) is 0 Å². The van der Waals surface area contributed by atoms with Gasteiger partial charge in [0, 0.05) is 6.54 Å². The largest absolute Gasteiger partial charge is 0.355 e. The van der Waals surface area contributed by atoms with Crippen molar-refractivity contribution >= 4 is 38.9 Å². The van der Waals surface area contributed by atoms with E-state index in [0.717, 1.165) is 24.2 Å². The van der Waals surface area contributed by atoms with Crippen LogP contribution in [0.25, 0.3) is 0 Å². The summed E-state index contributed by atoms with van der Waals surface area (Å²) in [7, 11) is -3.73. The molecule has 0 spiro atoms. The molecular weight excluding hydrogens is 298 g/mol. The third kappa shape index (κ3) is 3.19. The van der Waals surface area contributed by atoms with E-state index in [9.17, 15) is 13.2 Å². The Bertz CT molecular complexity index is 543. The molecule has 2 N–H and O–H groups in total. The molecule has 100 valence electrons. The van der Waals surface area contributed by atoms with Crippen LogP contribution in [0.3, 0.4) is 0 Å². The number of carbonyl (C=O) groups is 1. The molecule has 1 fully saturated rings.